The summed E-state index contributed by atoms with van der Waals surface area (Å²) in [6, 6.07) is 20.1. The number of rotatable bonds is 6. The average molecular weight is 536 g/mol. The van der Waals surface area contributed by atoms with E-state index in [0.717, 1.165) is 5.69 Å². The minimum absolute atomic E-state index is 0.232. The van der Waals surface area contributed by atoms with E-state index >= 15 is 0 Å². The number of carbonyl (C=O) groups is 2. The van der Waals surface area contributed by atoms with Gasteiger partial charge in [-0.25, -0.2) is 14.6 Å². The number of imide groups is 1. The molecule has 0 aliphatic carbocycles. The SMILES string of the molecule is C[C@]12O[C@](CCOc3ccc(-n4cncn4)cc3)(CC1O)[C@H]1C(=O)N(c3ccc(C#N)c4ccccc34)C(=O)[C@H]12. The normalized spacial score (nSPS) is 28.7. The van der Waals surface area contributed by atoms with Gasteiger partial charge in [0.1, 0.15) is 24.0 Å². The van der Waals surface area contributed by atoms with Crippen LogP contribution in [0.1, 0.15) is 25.3 Å². The molecule has 3 aliphatic rings. The van der Waals surface area contributed by atoms with Crippen molar-refractivity contribution in [2.75, 3.05) is 11.5 Å². The molecule has 1 aromatic heterocycles. The average Bonchev–Trinajstić information content (AvgIpc) is 3.70. The molecule has 1 unspecified atom stereocenters. The van der Waals surface area contributed by atoms with Crippen LogP contribution in [0.5, 0.6) is 5.75 Å². The first-order valence-electron chi connectivity index (χ1n) is 13.1. The molecule has 2 amide bonds. The highest BCUT2D eigenvalue weighted by molar-refractivity contribution is 6.26. The van der Waals surface area contributed by atoms with Crippen LogP contribution in [0, 0.1) is 23.2 Å². The summed E-state index contributed by atoms with van der Waals surface area (Å²) < 4.78 is 14.1. The van der Waals surface area contributed by atoms with Gasteiger partial charge >= 0.3 is 0 Å². The summed E-state index contributed by atoms with van der Waals surface area (Å²) in [6.07, 6.45) is 2.73. The van der Waals surface area contributed by atoms with Gasteiger partial charge in [-0.15, -0.1) is 0 Å². The summed E-state index contributed by atoms with van der Waals surface area (Å²) in [4.78, 5) is 33.1. The van der Waals surface area contributed by atoms with Crippen molar-refractivity contribution in [3.05, 3.63) is 78.9 Å². The molecule has 40 heavy (non-hydrogen) atoms. The Morgan fingerprint density at radius 2 is 1.82 bits per heavy atom. The number of nitriles is 1. The van der Waals surface area contributed by atoms with Gasteiger partial charge in [0.2, 0.25) is 11.8 Å². The van der Waals surface area contributed by atoms with Crippen molar-refractivity contribution in [3.8, 4) is 17.5 Å². The maximum absolute atomic E-state index is 14.0. The molecule has 3 aliphatic heterocycles. The van der Waals surface area contributed by atoms with Gasteiger partial charge in [0, 0.05) is 23.6 Å². The van der Waals surface area contributed by atoms with Gasteiger partial charge in [0.25, 0.3) is 0 Å². The molecular formula is C30H25N5O5. The molecule has 3 saturated heterocycles. The summed E-state index contributed by atoms with van der Waals surface area (Å²) in [6.45, 7) is 1.95. The lowest BCUT2D eigenvalue weighted by Gasteiger charge is -2.33. The molecule has 4 heterocycles. The summed E-state index contributed by atoms with van der Waals surface area (Å²) in [5, 5.41) is 26.0. The second-order valence-corrected chi connectivity index (χ2v) is 10.8. The molecule has 0 spiro atoms. The first kappa shape index (κ1) is 24.5. The zero-order valence-corrected chi connectivity index (χ0v) is 21.6. The Kier molecular flexibility index (Phi) is 5.32. The van der Waals surface area contributed by atoms with Gasteiger partial charge in [-0.3, -0.25) is 9.59 Å². The van der Waals surface area contributed by atoms with E-state index in [1.165, 1.54) is 11.2 Å². The zero-order chi connectivity index (χ0) is 27.6. The van der Waals surface area contributed by atoms with E-state index in [0.29, 0.717) is 34.2 Å². The number of aromatic nitrogens is 3. The quantitative estimate of drug-likeness (QED) is 0.373. The highest BCUT2D eigenvalue weighted by Gasteiger charge is 2.77. The molecule has 10 heteroatoms. The minimum Gasteiger partial charge on any atom is -0.493 e. The maximum Gasteiger partial charge on any atom is 0.240 e. The largest absolute Gasteiger partial charge is 0.493 e. The Balaban J connectivity index is 1.17. The number of benzene rings is 3. The van der Waals surface area contributed by atoms with Crippen LogP contribution in [0.3, 0.4) is 0 Å². The van der Waals surface area contributed by atoms with Crippen LogP contribution < -0.4 is 9.64 Å². The lowest BCUT2D eigenvalue weighted by Crippen LogP contribution is -2.49. The third kappa shape index (κ3) is 3.35. The van der Waals surface area contributed by atoms with Crippen molar-refractivity contribution in [2.24, 2.45) is 11.8 Å². The first-order valence-corrected chi connectivity index (χ1v) is 13.1. The predicted molar refractivity (Wildman–Crippen MR) is 142 cm³/mol. The van der Waals surface area contributed by atoms with Gasteiger partial charge in [-0.05, 0) is 43.3 Å². The molecule has 0 radical (unpaired) electrons. The van der Waals surface area contributed by atoms with E-state index < -0.39 is 35.0 Å². The molecule has 3 fully saturated rings. The summed E-state index contributed by atoms with van der Waals surface area (Å²) in [5.41, 5.74) is -0.481. The monoisotopic (exact) mass is 535 g/mol. The molecule has 1 N–H and O–H groups in total. The van der Waals surface area contributed by atoms with Gasteiger partial charge < -0.3 is 14.6 Å². The zero-order valence-electron chi connectivity index (χ0n) is 21.6. The predicted octanol–water partition coefficient (Wildman–Crippen LogP) is 3.16. The number of hydrogen-bond acceptors (Lipinski definition) is 8. The second-order valence-electron chi connectivity index (χ2n) is 10.8. The number of aliphatic hydroxyl groups excluding tert-OH is 1. The molecule has 2 bridgehead atoms. The van der Waals surface area contributed by atoms with E-state index in [-0.39, 0.29) is 18.9 Å². The number of nitrogens with zero attached hydrogens (tertiary/aromatic N) is 5. The Morgan fingerprint density at radius 1 is 1.07 bits per heavy atom. The standard InChI is InChI=1S/C30H25N5O5/c1-29-24(36)14-30(40-29,12-13-39-20-9-7-19(8-10-20)34-17-32-16-33-34)26-25(29)27(37)35(28(26)38)23-11-6-18(15-31)21-4-2-3-5-22(21)23/h2-11,16-17,24-26,36H,12-14H2,1H3/t24?,25-,26+,29-,30+/m0/s1. The van der Waals surface area contributed by atoms with E-state index in [4.69, 9.17) is 9.47 Å². The number of anilines is 1. The highest BCUT2D eigenvalue weighted by Crippen LogP contribution is 2.62. The first-order chi connectivity index (χ1) is 19.4. The Bertz CT molecular complexity index is 1700. The van der Waals surface area contributed by atoms with Gasteiger partial charge in [-0.2, -0.15) is 10.4 Å². The lowest BCUT2D eigenvalue weighted by atomic mass is 9.66. The summed E-state index contributed by atoms with van der Waals surface area (Å²) in [5.74, 6) is -1.67. The van der Waals surface area contributed by atoms with E-state index in [2.05, 4.69) is 16.2 Å². The van der Waals surface area contributed by atoms with Gasteiger partial charge in [0.15, 0.2) is 0 Å². The number of fused-ring (bicyclic) bond motifs is 6. The minimum atomic E-state index is -1.19. The van der Waals surface area contributed by atoms with Crippen molar-refractivity contribution in [2.45, 2.75) is 37.1 Å². The van der Waals surface area contributed by atoms with Crippen molar-refractivity contribution < 1.29 is 24.2 Å². The number of aliphatic hydroxyl groups is 1. The van der Waals surface area contributed by atoms with Crippen molar-refractivity contribution in [3.63, 3.8) is 0 Å². The lowest BCUT2D eigenvalue weighted by molar-refractivity contribution is -0.134. The maximum atomic E-state index is 14.0. The van der Waals surface area contributed by atoms with Crippen LogP contribution in [-0.2, 0) is 14.3 Å². The molecule has 7 rings (SSSR count). The van der Waals surface area contributed by atoms with Crippen molar-refractivity contribution in [1.29, 1.82) is 5.26 Å². The number of carbonyl (C=O) groups excluding carboxylic acids is 2. The summed E-state index contributed by atoms with van der Waals surface area (Å²) in [7, 11) is 0. The number of ether oxygens (including phenoxy) is 2. The van der Waals surface area contributed by atoms with E-state index in [1.54, 1.807) is 42.2 Å². The van der Waals surface area contributed by atoms with Gasteiger partial charge in [-0.1, -0.05) is 24.3 Å². The van der Waals surface area contributed by atoms with Crippen LogP contribution in [0.4, 0.5) is 5.69 Å². The Hall–Kier alpha value is -4.59. The number of amides is 2. The highest BCUT2D eigenvalue weighted by atomic mass is 16.6. The van der Waals surface area contributed by atoms with Crippen molar-refractivity contribution in [1.82, 2.24) is 14.8 Å². The van der Waals surface area contributed by atoms with Crippen LogP contribution in [0.2, 0.25) is 0 Å². The summed E-state index contributed by atoms with van der Waals surface area (Å²) >= 11 is 0. The Morgan fingerprint density at radius 3 is 2.55 bits per heavy atom. The second kappa shape index (κ2) is 8.71. The topological polar surface area (TPSA) is 131 Å². The van der Waals surface area contributed by atoms with E-state index in [1.807, 2.05) is 36.4 Å². The van der Waals surface area contributed by atoms with Crippen LogP contribution in [0.15, 0.2) is 73.3 Å². The van der Waals surface area contributed by atoms with Crippen LogP contribution >= 0.6 is 0 Å². The van der Waals surface area contributed by atoms with Crippen LogP contribution in [-0.4, -0.2) is 55.6 Å². The molecule has 0 saturated carbocycles. The molecular weight excluding hydrogens is 510 g/mol. The smallest absolute Gasteiger partial charge is 0.240 e. The molecule has 4 aromatic rings. The van der Waals surface area contributed by atoms with E-state index in [9.17, 15) is 20.0 Å². The molecule has 10 nitrogen and oxygen atoms in total. The van der Waals surface area contributed by atoms with Gasteiger partial charge in [0.05, 0.1) is 53.2 Å². The fraction of sp³-hybridized carbons (Fsp3) is 0.300. The Labute approximate surface area is 229 Å². The molecule has 200 valence electrons. The third-order valence-electron chi connectivity index (χ3n) is 8.69. The molecule has 5 atom stereocenters. The molecule has 3 aromatic carbocycles. The van der Waals surface area contributed by atoms with Crippen LogP contribution in [0.25, 0.3) is 16.5 Å². The fourth-order valence-electron chi connectivity index (χ4n) is 6.82. The fourth-order valence-corrected chi connectivity index (χ4v) is 6.82. The third-order valence-corrected chi connectivity index (χ3v) is 8.69. The van der Waals surface area contributed by atoms with Crippen molar-refractivity contribution >= 4 is 28.3 Å². The number of hydrogen-bond donors (Lipinski definition) is 1.